The maximum Gasteiger partial charge on any atom is 0.270 e. The summed E-state index contributed by atoms with van der Waals surface area (Å²) in [5, 5.41) is 10.8. The van der Waals surface area contributed by atoms with Gasteiger partial charge in [0.15, 0.2) is 0 Å². The number of nitro benzene ring substituents is 1. The van der Waals surface area contributed by atoms with Crippen molar-refractivity contribution < 1.29 is 13.3 Å². The summed E-state index contributed by atoms with van der Waals surface area (Å²) in [6.07, 6.45) is 3.49. The monoisotopic (exact) mass is 313 g/mol. The molecule has 0 radical (unpaired) electrons. The fourth-order valence-corrected chi connectivity index (χ4v) is 3.99. The minimum Gasteiger partial charge on any atom is -0.398 e. The van der Waals surface area contributed by atoms with Crippen LogP contribution in [0.3, 0.4) is 0 Å². The van der Waals surface area contributed by atoms with E-state index in [1.807, 2.05) is 0 Å². The highest BCUT2D eigenvalue weighted by molar-refractivity contribution is 7.89. The molecule has 2 rings (SSSR count). The van der Waals surface area contributed by atoms with Crippen molar-refractivity contribution >= 4 is 21.4 Å². The van der Waals surface area contributed by atoms with E-state index >= 15 is 0 Å². The predicted molar refractivity (Wildman–Crippen MR) is 79.3 cm³/mol. The van der Waals surface area contributed by atoms with E-state index < -0.39 is 14.9 Å². The first-order valence-corrected chi connectivity index (χ1v) is 8.34. The van der Waals surface area contributed by atoms with Crippen LogP contribution in [0, 0.1) is 16.0 Å². The largest absolute Gasteiger partial charge is 0.398 e. The molecule has 0 heterocycles. The van der Waals surface area contributed by atoms with Crippen LogP contribution in [0.2, 0.25) is 0 Å². The quantitative estimate of drug-likeness (QED) is 0.501. The van der Waals surface area contributed by atoms with Crippen molar-refractivity contribution in [2.45, 2.75) is 43.5 Å². The summed E-state index contributed by atoms with van der Waals surface area (Å²) in [7, 11) is -3.84. The highest BCUT2D eigenvalue weighted by Crippen LogP contribution is 2.27. The summed E-state index contributed by atoms with van der Waals surface area (Å²) in [4.78, 5) is 9.90. The van der Waals surface area contributed by atoms with Crippen LogP contribution in [0.1, 0.15) is 32.6 Å². The van der Waals surface area contributed by atoms with Crippen LogP contribution in [0.15, 0.2) is 23.1 Å². The number of nitrogen functional groups attached to an aromatic ring is 1. The highest BCUT2D eigenvalue weighted by Gasteiger charge is 2.26. The minimum absolute atomic E-state index is 0.0114. The van der Waals surface area contributed by atoms with Gasteiger partial charge in [0.1, 0.15) is 4.90 Å². The average molecular weight is 313 g/mol. The van der Waals surface area contributed by atoms with Gasteiger partial charge in [-0.3, -0.25) is 10.1 Å². The molecule has 0 atom stereocenters. The number of anilines is 1. The Kier molecular flexibility index (Phi) is 4.48. The SMILES string of the molecule is CC1CCC(NS(=O)(=O)c2cc([N+](=O)[O-])ccc2N)CC1. The zero-order chi connectivity index (χ0) is 15.6. The van der Waals surface area contributed by atoms with Crippen LogP contribution in [-0.4, -0.2) is 19.4 Å². The van der Waals surface area contributed by atoms with Crippen molar-refractivity contribution in [1.82, 2.24) is 4.72 Å². The Hall–Kier alpha value is -1.67. The standard InChI is InChI=1S/C13H19N3O4S/c1-9-2-4-10(5-3-9)15-21(19,20)13-8-11(16(17)18)6-7-12(13)14/h6-10,15H,2-5,14H2,1H3. The van der Waals surface area contributed by atoms with Crippen molar-refractivity contribution in [1.29, 1.82) is 0 Å². The van der Waals surface area contributed by atoms with E-state index in [-0.39, 0.29) is 22.3 Å². The van der Waals surface area contributed by atoms with E-state index in [4.69, 9.17) is 5.73 Å². The molecule has 0 amide bonds. The van der Waals surface area contributed by atoms with Crippen molar-refractivity contribution in [2.75, 3.05) is 5.73 Å². The second-order valence-corrected chi connectivity index (χ2v) is 7.24. The molecular weight excluding hydrogens is 294 g/mol. The third-order valence-corrected chi connectivity index (χ3v) is 5.41. The first-order valence-electron chi connectivity index (χ1n) is 6.86. The molecule has 0 aromatic heterocycles. The Morgan fingerprint density at radius 3 is 2.48 bits per heavy atom. The molecule has 1 aromatic rings. The zero-order valence-electron chi connectivity index (χ0n) is 11.8. The van der Waals surface area contributed by atoms with Gasteiger partial charge in [0.2, 0.25) is 10.0 Å². The number of non-ortho nitro benzene ring substituents is 1. The molecule has 1 aromatic carbocycles. The molecule has 3 N–H and O–H groups in total. The average Bonchev–Trinajstić information content (AvgIpc) is 2.41. The molecule has 1 aliphatic carbocycles. The van der Waals surface area contributed by atoms with Gasteiger partial charge in [-0.25, -0.2) is 13.1 Å². The second-order valence-electron chi connectivity index (χ2n) is 5.56. The summed E-state index contributed by atoms with van der Waals surface area (Å²) in [5.41, 5.74) is 5.38. The lowest BCUT2D eigenvalue weighted by atomic mass is 9.88. The number of hydrogen-bond donors (Lipinski definition) is 2. The van der Waals surface area contributed by atoms with Crippen molar-refractivity contribution in [2.24, 2.45) is 5.92 Å². The van der Waals surface area contributed by atoms with Crippen LogP contribution in [0.5, 0.6) is 0 Å². The van der Waals surface area contributed by atoms with Gasteiger partial charge in [-0.1, -0.05) is 6.92 Å². The van der Waals surface area contributed by atoms with E-state index in [1.165, 1.54) is 12.1 Å². The molecule has 0 spiro atoms. The smallest absolute Gasteiger partial charge is 0.270 e. The Morgan fingerprint density at radius 2 is 1.90 bits per heavy atom. The van der Waals surface area contributed by atoms with Crippen LogP contribution < -0.4 is 10.5 Å². The van der Waals surface area contributed by atoms with Gasteiger partial charge in [0, 0.05) is 18.2 Å². The molecule has 1 saturated carbocycles. The first-order chi connectivity index (χ1) is 9.79. The van der Waals surface area contributed by atoms with Crippen molar-refractivity contribution in [3.05, 3.63) is 28.3 Å². The maximum atomic E-state index is 12.4. The molecule has 116 valence electrons. The Labute approximate surface area is 123 Å². The number of sulfonamides is 1. The number of rotatable bonds is 4. The Morgan fingerprint density at radius 1 is 1.29 bits per heavy atom. The van der Waals surface area contributed by atoms with E-state index in [2.05, 4.69) is 11.6 Å². The third kappa shape index (κ3) is 3.70. The van der Waals surface area contributed by atoms with E-state index in [9.17, 15) is 18.5 Å². The van der Waals surface area contributed by atoms with Crippen LogP contribution in [0.25, 0.3) is 0 Å². The van der Waals surface area contributed by atoms with E-state index in [0.29, 0.717) is 5.92 Å². The fraction of sp³-hybridized carbons (Fsp3) is 0.538. The van der Waals surface area contributed by atoms with Gasteiger partial charge >= 0.3 is 0 Å². The lowest BCUT2D eigenvalue weighted by Gasteiger charge is -2.26. The number of nitrogens with two attached hydrogens (primary N) is 1. The molecule has 0 saturated heterocycles. The number of hydrogen-bond acceptors (Lipinski definition) is 5. The third-order valence-electron chi connectivity index (χ3n) is 3.84. The van der Waals surface area contributed by atoms with Gasteiger partial charge in [-0.15, -0.1) is 0 Å². The minimum atomic E-state index is -3.84. The van der Waals surface area contributed by atoms with Gasteiger partial charge in [-0.05, 0) is 37.7 Å². The summed E-state index contributed by atoms with van der Waals surface area (Å²) in [6, 6.07) is 3.31. The topological polar surface area (TPSA) is 115 Å². The van der Waals surface area contributed by atoms with Gasteiger partial charge < -0.3 is 5.73 Å². The number of nitrogens with one attached hydrogen (secondary N) is 1. The van der Waals surface area contributed by atoms with E-state index in [0.717, 1.165) is 31.7 Å². The first kappa shape index (κ1) is 15.7. The fourth-order valence-electron chi connectivity index (χ4n) is 2.53. The highest BCUT2D eigenvalue weighted by atomic mass is 32.2. The van der Waals surface area contributed by atoms with Gasteiger partial charge in [0.25, 0.3) is 5.69 Å². The normalized spacial score (nSPS) is 22.9. The predicted octanol–water partition coefficient (Wildman–Crippen LogP) is 2.03. The van der Waals surface area contributed by atoms with Gasteiger partial charge in [-0.2, -0.15) is 0 Å². The van der Waals surface area contributed by atoms with Crippen molar-refractivity contribution in [3.8, 4) is 0 Å². The van der Waals surface area contributed by atoms with Crippen LogP contribution >= 0.6 is 0 Å². The Bertz CT molecular complexity index is 637. The molecule has 0 bridgehead atoms. The molecule has 21 heavy (non-hydrogen) atoms. The van der Waals surface area contributed by atoms with Crippen LogP contribution in [0.4, 0.5) is 11.4 Å². The van der Waals surface area contributed by atoms with Crippen LogP contribution in [-0.2, 0) is 10.0 Å². The Balaban J connectivity index is 2.23. The molecule has 1 aliphatic rings. The molecule has 7 nitrogen and oxygen atoms in total. The number of nitrogens with zero attached hydrogens (tertiary/aromatic N) is 1. The van der Waals surface area contributed by atoms with E-state index in [1.54, 1.807) is 0 Å². The van der Waals surface area contributed by atoms with Gasteiger partial charge in [0.05, 0.1) is 10.6 Å². The van der Waals surface area contributed by atoms with Crippen molar-refractivity contribution in [3.63, 3.8) is 0 Å². The lowest BCUT2D eigenvalue weighted by Crippen LogP contribution is -2.37. The second kappa shape index (κ2) is 5.98. The number of benzene rings is 1. The number of nitro groups is 1. The summed E-state index contributed by atoms with van der Waals surface area (Å²) >= 11 is 0. The molecule has 1 fully saturated rings. The molecule has 8 heteroatoms. The lowest BCUT2D eigenvalue weighted by molar-refractivity contribution is -0.385. The summed E-state index contributed by atoms with van der Waals surface area (Å²) in [5.74, 6) is 0.605. The zero-order valence-corrected chi connectivity index (χ0v) is 12.6. The molecular formula is C13H19N3O4S. The summed E-state index contributed by atoms with van der Waals surface area (Å²) < 4.78 is 27.3. The maximum absolute atomic E-state index is 12.4. The summed E-state index contributed by atoms with van der Waals surface area (Å²) in [6.45, 7) is 2.14. The molecule has 0 unspecified atom stereocenters. The molecule has 0 aliphatic heterocycles.